The summed E-state index contributed by atoms with van der Waals surface area (Å²) in [5, 5.41) is 0. The standard InChI is InChI=1S/C43H75.2CH3.Zr/c1-26(2)27-12-16-31-34(40-25-30(43(9,10)11)15-19-35(40)37(31)22-27)20-21-36-38-23-28(41(3,4)5)13-17-32(38)33-18-14-29(24-39(33)36)42(6,7)8;;;/h27-40H,12-25H2,1-11H3;2*1H3;/q3*-1;+3. The zero-order valence-electron chi connectivity index (χ0n) is 33.5. The molecule has 6 saturated carbocycles. The quantitative estimate of drug-likeness (QED) is 0.255. The van der Waals surface area contributed by atoms with Gasteiger partial charge in [-0.3, -0.25) is 0 Å². The van der Waals surface area contributed by atoms with Gasteiger partial charge in [-0.05, 0) is 164 Å². The van der Waals surface area contributed by atoms with E-state index in [1.54, 1.807) is 70.1 Å². The van der Waals surface area contributed by atoms with Crippen molar-refractivity contribution in [2.24, 2.45) is 99.1 Å². The Kier molecular flexibility index (Phi) is 13.7. The van der Waals surface area contributed by atoms with E-state index in [1.807, 2.05) is 0 Å². The molecule has 1 heteroatoms. The fraction of sp³-hybridized carbons (Fsp3) is 0.933. The van der Waals surface area contributed by atoms with Gasteiger partial charge in [0.1, 0.15) is 0 Å². The molecule has 0 N–H and O–H groups in total. The van der Waals surface area contributed by atoms with Crippen LogP contribution in [0.5, 0.6) is 0 Å². The van der Waals surface area contributed by atoms with E-state index in [1.165, 1.54) is 25.7 Å². The van der Waals surface area contributed by atoms with Crippen molar-refractivity contribution in [1.82, 2.24) is 0 Å². The van der Waals surface area contributed by atoms with E-state index in [4.69, 9.17) is 0 Å². The SMILES string of the molecule is C[C-](C)C1CCC2C(CCC3C4CC(C(C)(C)C)CCC4C4CCC(C(C)(C)C)CC43)C3CC(C(C)(C)C)CCC3C2C1.[CH3-].[CH3-].[Zr+3]. The van der Waals surface area contributed by atoms with Gasteiger partial charge in [-0.1, -0.05) is 81.6 Å². The van der Waals surface area contributed by atoms with Crippen LogP contribution in [-0.4, -0.2) is 0 Å². The first-order valence-electron chi connectivity index (χ1n) is 19.8. The Morgan fingerprint density at radius 3 is 1.09 bits per heavy atom. The van der Waals surface area contributed by atoms with E-state index in [-0.39, 0.29) is 41.1 Å². The third-order valence-corrected chi connectivity index (χ3v) is 16.4. The van der Waals surface area contributed by atoms with Crippen molar-refractivity contribution in [3.63, 3.8) is 0 Å². The van der Waals surface area contributed by atoms with Gasteiger partial charge >= 0.3 is 26.2 Å². The number of hydrogen-bond acceptors (Lipinski definition) is 0. The zero-order valence-corrected chi connectivity index (χ0v) is 35.9. The van der Waals surface area contributed by atoms with Crippen molar-refractivity contribution >= 4 is 0 Å². The van der Waals surface area contributed by atoms with E-state index < -0.39 is 0 Å². The first-order chi connectivity index (χ1) is 20.0. The van der Waals surface area contributed by atoms with Crippen molar-refractivity contribution < 1.29 is 26.2 Å². The molecule has 0 saturated heterocycles. The van der Waals surface area contributed by atoms with Gasteiger partial charge in [0.15, 0.2) is 0 Å². The van der Waals surface area contributed by atoms with E-state index in [0.29, 0.717) is 16.2 Å². The summed E-state index contributed by atoms with van der Waals surface area (Å²) in [5.74, 6) is 16.0. The molecular formula is C45H81Zr. The van der Waals surface area contributed by atoms with Gasteiger partial charge in [-0.25, -0.2) is 0 Å². The van der Waals surface area contributed by atoms with Crippen molar-refractivity contribution in [2.75, 3.05) is 0 Å². The average molecular weight is 713 g/mol. The molecule has 0 aromatic carbocycles. The molecule has 0 bridgehead atoms. The van der Waals surface area contributed by atoms with Crippen molar-refractivity contribution in [1.29, 1.82) is 0 Å². The molecule has 1 radical (unpaired) electrons. The molecule has 6 aliphatic carbocycles. The molecule has 13 unspecified atom stereocenters. The third-order valence-electron chi connectivity index (χ3n) is 16.4. The Balaban J connectivity index is 0.00000192. The minimum absolute atomic E-state index is 0. The molecule has 0 amide bonds. The first kappa shape index (κ1) is 41.3. The predicted molar refractivity (Wildman–Crippen MR) is 199 cm³/mol. The molecule has 265 valence electrons. The summed E-state index contributed by atoms with van der Waals surface area (Å²) in [6.07, 6.45) is 21.7. The largest absolute Gasteiger partial charge is 3.00 e. The Morgan fingerprint density at radius 2 is 0.739 bits per heavy atom. The number of fused-ring (bicyclic) bond motifs is 6. The van der Waals surface area contributed by atoms with Crippen LogP contribution in [0.3, 0.4) is 0 Å². The maximum atomic E-state index is 2.56. The Bertz CT molecular complexity index is 904. The van der Waals surface area contributed by atoms with E-state index in [0.717, 1.165) is 82.9 Å². The molecule has 6 rings (SSSR count). The molecule has 0 spiro atoms. The van der Waals surface area contributed by atoms with Gasteiger partial charge in [0.25, 0.3) is 0 Å². The molecular weight excluding hydrogens is 632 g/mol. The van der Waals surface area contributed by atoms with Crippen LogP contribution in [0.1, 0.15) is 166 Å². The topological polar surface area (TPSA) is 0 Å². The van der Waals surface area contributed by atoms with Crippen LogP contribution in [0.2, 0.25) is 0 Å². The summed E-state index contributed by atoms with van der Waals surface area (Å²) >= 11 is 0. The second-order valence-corrected chi connectivity index (χ2v) is 21.4. The van der Waals surface area contributed by atoms with Gasteiger partial charge in [-0.2, -0.15) is 19.8 Å². The maximum Gasteiger partial charge on any atom is 3.00 e. The Morgan fingerprint density at radius 1 is 0.413 bits per heavy atom. The van der Waals surface area contributed by atoms with Crippen LogP contribution < -0.4 is 0 Å². The Labute approximate surface area is 310 Å². The predicted octanol–water partition coefficient (Wildman–Crippen LogP) is 13.8. The molecule has 0 aromatic rings. The van der Waals surface area contributed by atoms with Crippen LogP contribution in [0, 0.1) is 120 Å². The second kappa shape index (κ2) is 15.2. The normalized spacial score (nSPS) is 44.1. The van der Waals surface area contributed by atoms with Crippen LogP contribution >= 0.6 is 0 Å². The molecule has 0 aromatic heterocycles. The zero-order chi connectivity index (χ0) is 31.1. The smallest absolute Gasteiger partial charge is 0.358 e. The van der Waals surface area contributed by atoms with Gasteiger partial charge in [0.2, 0.25) is 0 Å². The number of hydrogen-bond donors (Lipinski definition) is 0. The van der Waals surface area contributed by atoms with Gasteiger partial charge in [0, 0.05) is 0 Å². The summed E-state index contributed by atoms with van der Waals surface area (Å²) in [6.45, 7) is 27.9. The molecule has 6 aliphatic rings. The van der Waals surface area contributed by atoms with Crippen molar-refractivity contribution in [2.45, 2.75) is 166 Å². The minimum atomic E-state index is 0. The monoisotopic (exact) mass is 712 g/mol. The molecule has 6 fully saturated rings. The van der Waals surface area contributed by atoms with Crippen molar-refractivity contribution in [3.05, 3.63) is 20.8 Å². The van der Waals surface area contributed by atoms with E-state index in [2.05, 4.69) is 76.2 Å². The average Bonchev–Trinajstić information content (AvgIpc) is 3.41. The number of rotatable bonds is 4. The molecule has 13 atom stereocenters. The molecule has 46 heavy (non-hydrogen) atoms. The third kappa shape index (κ3) is 8.01. The second-order valence-electron chi connectivity index (χ2n) is 21.4. The van der Waals surface area contributed by atoms with E-state index >= 15 is 0 Å². The summed E-state index contributed by atoms with van der Waals surface area (Å²) in [6, 6.07) is 0. The maximum absolute atomic E-state index is 2.56. The van der Waals surface area contributed by atoms with E-state index in [9.17, 15) is 0 Å². The molecule has 0 nitrogen and oxygen atoms in total. The summed E-state index contributed by atoms with van der Waals surface area (Å²) < 4.78 is 0. The van der Waals surface area contributed by atoms with Crippen LogP contribution in [0.25, 0.3) is 0 Å². The van der Waals surface area contributed by atoms with Gasteiger partial charge in [-0.15, -0.1) is 0 Å². The Hall–Kier alpha value is 0.883. The van der Waals surface area contributed by atoms with Gasteiger partial charge < -0.3 is 20.8 Å². The first-order valence-corrected chi connectivity index (χ1v) is 19.8. The minimum Gasteiger partial charge on any atom is -0.358 e. The van der Waals surface area contributed by atoms with Gasteiger partial charge in [0.05, 0.1) is 0 Å². The van der Waals surface area contributed by atoms with Crippen LogP contribution in [0.4, 0.5) is 0 Å². The fourth-order valence-electron chi connectivity index (χ4n) is 13.8. The fourth-order valence-corrected chi connectivity index (χ4v) is 13.8. The van der Waals surface area contributed by atoms with Crippen LogP contribution in [0.15, 0.2) is 0 Å². The van der Waals surface area contributed by atoms with Crippen LogP contribution in [-0.2, 0) is 26.2 Å². The van der Waals surface area contributed by atoms with Crippen molar-refractivity contribution in [3.8, 4) is 0 Å². The summed E-state index contributed by atoms with van der Waals surface area (Å²) in [5.41, 5.74) is 1.46. The molecule has 0 heterocycles. The summed E-state index contributed by atoms with van der Waals surface area (Å²) in [4.78, 5) is 0. The summed E-state index contributed by atoms with van der Waals surface area (Å²) in [7, 11) is 0. The molecule has 0 aliphatic heterocycles.